The number of hydrogen-bond acceptors (Lipinski definition) is 3. The SMILES string of the molecule is NC(CNCCC1CCCCC1)=NO. The molecule has 82 valence electrons. The third-order valence-electron chi connectivity index (χ3n) is 2.89. The Kier molecular flexibility index (Phi) is 5.37. The molecule has 4 N–H and O–H groups in total. The summed E-state index contributed by atoms with van der Waals surface area (Å²) in [6, 6.07) is 0. The Bertz CT molecular complexity index is 176. The van der Waals surface area contributed by atoms with Gasteiger partial charge in [-0.25, -0.2) is 0 Å². The van der Waals surface area contributed by atoms with Crippen molar-refractivity contribution in [3.63, 3.8) is 0 Å². The van der Waals surface area contributed by atoms with Crippen LogP contribution >= 0.6 is 0 Å². The van der Waals surface area contributed by atoms with E-state index in [-0.39, 0.29) is 5.84 Å². The lowest BCUT2D eigenvalue weighted by Crippen LogP contribution is -2.30. The molecular formula is C10H21N3O. The van der Waals surface area contributed by atoms with E-state index in [0.29, 0.717) is 6.54 Å². The molecule has 0 atom stereocenters. The Hall–Kier alpha value is -0.770. The van der Waals surface area contributed by atoms with Crippen molar-refractivity contribution < 1.29 is 5.21 Å². The second-order valence-corrected chi connectivity index (χ2v) is 4.06. The van der Waals surface area contributed by atoms with Gasteiger partial charge in [-0.1, -0.05) is 37.3 Å². The van der Waals surface area contributed by atoms with Crippen molar-refractivity contribution in [2.24, 2.45) is 16.8 Å². The van der Waals surface area contributed by atoms with E-state index in [9.17, 15) is 0 Å². The molecule has 1 fully saturated rings. The maximum Gasteiger partial charge on any atom is 0.153 e. The van der Waals surface area contributed by atoms with Gasteiger partial charge in [-0.3, -0.25) is 0 Å². The van der Waals surface area contributed by atoms with E-state index in [1.165, 1.54) is 38.5 Å². The Balaban J connectivity index is 1.97. The van der Waals surface area contributed by atoms with Gasteiger partial charge in [0.2, 0.25) is 0 Å². The van der Waals surface area contributed by atoms with Gasteiger partial charge in [0.1, 0.15) is 0 Å². The van der Waals surface area contributed by atoms with Crippen LogP contribution in [0.25, 0.3) is 0 Å². The van der Waals surface area contributed by atoms with Crippen LogP contribution in [-0.4, -0.2) is 24.1 Å². The largest absolute Gasteiger partial charge is 0.409 e. The lowest BCUT2D eigenvalue weighted by Gasteiger charge is -2.21. The van der Waals surface area contributed by atoms with Gasteiger partial charge in [0.05, 0.1) is 6.54 Å². The quantitative estimate of drug-likeness (QED) is 0.205. The fourth-order valence-electron chi connectivity index (χ4n) is 2.03. The fraction of sp³-hybridized carbons (Fsp3) is 0.900. The van der Waals surface area contributed by atoms with E-state index in [4.69, 9.17) is 10.9 Å². The highest BCUT2D eigenvalue weighted by atomic mass is 16.4. The van der Waals surface area contributed by atoms with Crippen LogP contribution in [-0.2, 0) is 0 Å². The third kappa shape index (κ3) is 4.46. The molecule has 0 heterocycles. The summed E-state index contributed by atoms with van der Waals surface area (Å²) in [5, 5.41) is 14.4. The highest BCUT2D eigenvalue weighted by Crippen LogP contribution is 2.25. The molecule has 0 aromatic heterocycles. The Morgan fingerprint density at radius 3 is 2.71 bits per heavy atom. The van der Waals surface area contributed by atoms with Crippen molar-refractivity contribution in [1.82, 2.24) is 5.32 Å². The predicted molar refractivity (Wildman–Crippen MR) is 57.5 cm³/mol. The molecule has 4 heteroatoms. The van der Waals surface area contributed by atoms with Gasteiger partial charge in [-0.2, -0.15) is 0 Å². The fourth-order valence-corrected chi connectivity index (χ4v) is 2.03. The zero-order valence-corrected chi connectivity index (χ0v) is 8.71. The first kappa shape index (κ1) is 11.3. The average molecular weight is 199 g/mol. The van der Waals surface area contributed by atoms with Gasteiger partial charge >= 0.3 is 0 Å². The minimum absolute atomic E-state index is 0.258. The maximum atomic E-state index is 8.31. The van der Waals surface area contributed by atoms with Crippen LogP contribution in [0.3, 0.4) is 0 Å². The molecule has 0 amide bonds. The molecule has 0 aromatic carbocycles. The van der Waals surface area contributed by atoms with E-state index < -0.39 is 0 Å². The summed E-state index contributed by atoms with van der Waals surface area (Å²) < 4.78 is 0. The molecule has 0 saturated heterocycles. The van der Waals surface area contributed by atoms with E-state index in [0.717, 1.165) is 12.5 Å². The Labute approximate surface area is 85.6 Å². The van der Waals surface area contributed by atoms with Crippen molar-refractivity contribution in [3.05, 3.63) is 0 Å². The highest BCUT2D eigenvalue weighted by Gasteiger charge is 2.12. The van der Waals surface area contributed by atoms with Crippen LogP contribution in [0.1, 0.15) is 38.5 Å². The predicted octanol–water partition coefficient (Wildman–Crippen LogP) is 1.29. The number of nitrogens with one attached hydrogen (secondary N) is 1. The maximum absolute atomic E-state index is 8.31. The van der Waals surface area contributed by atoms with E-state index in [2.05, 4.69) is 10.5 Å². The van der Waals surface area contributed by atoms with Gasteiger partial charge in [0.25, 0.3) is 0 Å². The van der Waals surface area contributed by atoms with Crippen molar-refractivity contribution >= 4 is 5.84 Å². The first-order valence-corrected chi connectivity index (χ1v) is 5.50. The molecule has 0 bridgehead atoms. The molecule has 0 aliphatic heterocycles. The minimum atomic E-state index is 0.258. The van der Waals surface area contributed by atoms with Crippen LogP contribution in [0.2, 0.25) is 0 Å². The third-order valence-corrected chi connectivity index (χ3v) is 2.89. The van der Waals surface area contributed by atoms with Gasteiger partial charge in [0, 0.05) is 0 Å². The van der Waals surface area contributed by atoms with Gasteiger partial charge in [-0.15, -0.1) is 0 Å². The zero-order valence-electron chi connectivity index (χ0n) is 8.71. The van der Waals surface area contributed by atoms with E-state index in [1.54, 1.807) is 0 Å². The first-order valence-electron chi connectivity index (χ1n) is 5.50. The van der Waals surface area contributed by atoms with Gasteiger partial charge < -0.3 is 16.3 Å². The monoisotopic (exact) mass is 199 g/mol. The lowest BCUT2D eigenvalue weighted by molar-refractivity contribution is 0.316. The van der Waals surface area contributed by atoms with Crippen molar-refractivity contribution in [1.29, 1.82) is 0 Å². The summed E-state index contributed by atoms with van der Waals surface area (Å²) in [6.45, 7) is 1.46. The first-order chi connectivity index (χ1) is 6.83. The zero-order chi connectivity index (χ0) is 10.2. The van der Waals surface area contributed by atoms with Crippen LogP contribution < -0.4 is 11.1 Å². The molecule has 1 saturated carbocycles. The number of nitrogens with zero attached hydrogens (tertiary/aromatic N) is 1. The molecule has 0 radical (unpaired) electrons. The smallest absolute Gasteiger partial charge is 0.153 e. The molecule has 0 spiro atoms. The van der Waals surface area contributed by atoms with Crippen LogP contribution in [0, 0.1) is 5.92 Å². The summed E-state index contributed by atoms with van der Waals surface area (Å²) in [5.41, 5.74) is 5.33. The summed E-state index contributed by atoms with van der Waals surface area (Å²) >= 11 is 0. The molecule has 4 nitrogen and oxygen atoms in total. The van der Waals surface area contributed by atoms with Crippen LogP contribution in [0.15, 0.2) is 5.16 Å². The number of rotatable bonds is 5. The second-order valence-electron chi connectivity index (χ2n) is 4.06. The Morgan fingerprint density at radius 1 is 1.36 bits per heavy atom. The van der Waals surface area contributed by atoms with E-state index >= 15 is 0 Å². The van der Waals surface area contributed by atoms with Crippen molar-refractivity contribution in [2.75, 3.05) is 13.1 Å². The summed E-state index contributed by atoms with van der Waals surface area (Å²) in [7, 11) is 0. The van der Waals surface area contributed by atoms with Crippen LogP contribution in [0.4, 0.5) is 0 Å². The highest BCUT2D eigenvalue weighted by molar-refractivity contribution is 5.81. The lowest BCUT2D eigenvalue weighted by atomic mass is 9.87. The molecule has 1 aliphatic carbocycles. The topological polar surface area (TPSA) is 70.6 Å². The van der Waals surface area contributed by atoms with Crippen LogP contribution in [0.5, 0.6) is 0 Å². The normalized spacial score (nSPS) is 19.9. The van der Waals surface area contributed by atoms with Gasteiger partial charge in [-0.05, 0) is 18.9 Å². The average Bonchev–Trinajstić information content (AvgIpc) is 2.25. The van der Waals surface area contributed by atoms with Crippen molar-refractivity contribution in [2.45, 2.75) is 38.5 Å². The molecule has 1 rings (SSSR count). The Morgan fingerprint density at radius 2 is 2.07 bits per heavy atom. The molecule has 0 unspecified atom stereocenters. The van der Waals surface area contributed by atoms with E-state index in [1.807, 2.05) is 0 Å². The van der Waals surface area contributed by atoms with Crippen molar-refractivity contribution in [3.8, 4) is 0 Å². The summed E-state index contributed by atoms with van der Waals surface area (Å²) in [4.78, 5) is 0. The molecule has 0 aromatic rings. The number of oxime groups is 1. The number of nitrogens with two attached hydrogens (primary N) is 1. The summed E-state index contributed by atoms with van der Waals surface area (Å²) in [5.74, 6) is 1.15. The second kappa shape index (κ2) is 6.65. The van der Waals surface area contributed by atoms with Gasteiger partial charge in [0.15, 0.2) is 5.84 Å². The standard InChI is InChI=1S/C10H21N3O/c11-10(13-14)8-12-7-6-9-4-2-1-3-5-9/h9,12,14H,1-8H2,(H2,11,13). The number of amidine groups is 1. The molecule has 14 heavy (non-hydrogen) atoms. The molecular weight excluding hydrogens is 178 g/mol. The summed E-state index contributed by atoms with van der Waals surface area (Å²) in [6.07, 6.45) is 8.18. The minimum Gasteiger partial charge on any atom is -0.409 e. The number of hydrogen-bond donors (Lipinski definition) is 3. The molecule has 1 aliphatic rings.